The second-order valence-electron chi connectivity index (χ2n) is 4.70. The number of aryl methyl sites for hydroxylation is 2. The molecule has 0 fully saturated rings. The highest BCUT2D eigenvalue weighted by Gasteiger charge is 2.27. The lowest BCUT2D eigenvalue weighted by atomic mass is 10.2. The standard InChI is InChI=1S/C12H20F3N3S/c1-8(2)16-7-11-9(3)17-18(10(11)4)5-6-19-12(13,14)15/h8,16H,5-7H2,1-4H3. The summed E-state index contributed by atoms with van der Waals surface area (Å²) in [6, 6.07) is 0.364. The van der Waals surface area contributed by atoms with Gasteiger partial charge in [0.25, 0.3) is 0 Å². The van der Waals surface area contributed by atoms with Crippen LogP contribution in [0, 0.1) is 13.8 Å². The number of alkyl halides is 3. The molecule has 1 aromatic heterocycles. The second kappa shape index (κ2) is 6.65. The molecule has 0 saturated heterocycles. The first-order chi connectivity index (χ1) is 8.70. The molecule has 7 heteroatoms. The summed E-state index contributed by atoms with van der Waals surface area (Å²) >= 11 is -0.00598. The molecule has 0 unspecified atom stereocenters. The van der Waals surface area contributed by atoms with Gasteiger partial charge in [-0.2, -0.15) is 18.3 Å². The molecule has 1 rings (SSSR count). The van der Waals surface area contributed by atoms with E-state index in [0.717, 1.165) is 17.0 Å². The first kappa shape index (κ1) is 16.4. The Morgan fingerprint density at radius 1 is 1.32 bits per heavy atom. The van der Waals surface area contributed by atoms with Gasteiger partial charge in [-0.3, -0.25) is 4.68 Å². The van der Waals surface area contributed by atoms with E-state index >= 15 is 0 Å². The number of halogens is 3. The first-order valence-electron chi connectivity index (χ1n) is 6.17. The van der Waals surface area contributed by atoms with Gasteiger partial charge in [-0.25, -0.2) is 0 Å². The van der Waals surface area contributed by atoms with Crippen LogP contribution >= 0.6 is 11.8 Å². The highest BCUT2D eigenvalue weighted by atomic mass is 32.2. The Morgan fingerprint density at radius 3 is 2.47 bits per heavy atom. The van der Waals surface area contributed by atoms with Crippen molar-refractivity contribution in [2.24, 2.45) is 0 Å². The molecule has 0 aliphatic rings. The normalized spacial score (nSPS) is 12.4. The number of hydrogen-bond acceptors (Lipinski definition) is 3. The lowest BCUT2D eigenvalue weighted by molar-refractivity contribution is -0.0328. The Balaban J connectivity index is 2.63. The summed E-state index contributed by atoms with van der Waals surface area (Å²) < 4.78 is 37.9. The molecule has 3 nitrogen and oxygen atoms in total. The van der Waals surface area contributed by atoms with Crippen LogP contribution in [0.4, 0.5) is 13.2 Å². The largest absolute Gasteiger partial charge is 0.441 e. The van der Waals surface area contributed by atoms with Gasteiger partial charge in [0, 0.05) is 29.6 Å². The van der Waals surface area contributed by atoms with Gasteiger partial charge < -0.3 is 5.32 Å². The highest BCUT2D eigenvalue weighted by Crippen LogP contribution is 2.30. The first-order valence-corrected chi connectivity index (χ1v) is 7.16. The van der Waals surface area contributed by atoms with Crippen LogP contribution in [0.15, 0.2) is 0 Å². The Morgan fingerprint density at radius 2 is 1.95 bits per heavy atom. The van der Waals surface area contributed by atoms with E-state index in [1.165, 1.54) is 0 Å². The molecule has 1 heterocycles. The molecule has 0 saturated carbocycles. The number of rotatable bonds is 6. The van der Waals surface area contributed by atoms with Crippen molar-refractivity contribution in [1.29, 1.82) is 0 Å². The molecule has 1 N–H and O–H groups in total. The van der Waals surface area contributed by atoms with E-state index in [9.17, 15) is 13.2 Å². The maximum atomic E-state index is 12.1. The summed E-state index contributed by atoms with van der Waals surface area (Å²) in [4.78, 5) is 0. The van der Waals surface area contributed by atoms with Crippen molar-refractivity contribution in [2.75, 3.05) is 5.75 Å². The SMILES string of the molecule is Cc1nn(CCSC(F)(F)F)c(C)c1CNC(C)C. The van der Waals surface area contributed by atoms with Crippen molar-refractivity contribution in [2.45, 2.75) is 52.3 Å². The van der Waals surface area contributed by atoms with Crippen LogP contribution in [0.25, 0.3) is 0 Å². The van der Waals surface area contributed by atoms with E-state index < -0.39 is 5.51 Å². The van der Waals surface area contributed by atoms with Gasteiger partial charge in [0.1, 0.15) is 0 Å². The summed E-state index contributed by atoms with van der Waals surface area (Å²) in [6.45, 7) is 8.86. The second-order valence-corrected chi connectivity index (χ2v) is 5.86. The van der Waals surface area contributed by atoms with Crippen LogP contribution in [0.5, 0.6) is 0 Å². The van der Waals surface area contributed by atoms with Gasteiger partial charge in [-0.1, -0.05) is 13.8 Å². The highest BCUT2D eigenvalue weighted by molar-refractivity contribution is 8.00. The zero-order valence-corrected chi connectivity index (χ0v) is 12.5. The van der Waals surface area contributed by atoms with E-state index in [-0.39, 0.29) is 24.1 Å². The van der Waals surface area contributed by atoms with Gasteiger partial charge in [0.05, 0.1) is 12.2 Å². The van der Waals surface area contributed by atoms with Crippen LogP contribution in [-0.2, 0) is 13.1 Å². The van der Waals surface area contributed by atoms with Crippen molar-refractivity contribution >= 4 is 11.8 Å². The Hall–Kier alpha value is -0.690. The third-order valence-corrected chi connectivity index (χ3v) is 3.50. The number of nitrogens with one attached hydrogen (secondary N) is 1. The fraction of sp³-hybridized carbons (Fsp3) is 0.750. The van der Waals surface area contributed by atoms with Crippen LogP contribution in [0.1, 0.15) is 30.8 Å². The van der Waals surface area contributed by atoms with Gasteiger partial charge in [0.15, 0.2) is 0 Å². The quantitative estimate of drug-likeness (QED) is 0.873. The molecule has 0 spiro atoms. The maximum Gasteiger partial charge on any atom is 0.441 e. The van der Waals surface area contributed by atoms with E-state index in [1.54, 1.807) is 4.68 Å². The number of hydrogen-bond donors (Lipinski definition) is 1. The molecular formula is C12H20F3N3S. The van der Waals surface area contributed by atoms with Crippen LogP contribution < -0.4 is 5.32 Å². The molecular weight excluding hydrogens is 275 g/mol. The summed E-state index contributed by atoms with van der Waals surface area (Å²) in [5, 5.41) is 7.60. The van der Waals surface area contributed by atoms with E-state index in [2.05, 4.69) is 24.3 Å². The molecule has 0 amide bonds. The number of thioether (sulfide) groups is 1. The summed E-state index contributed by atoms with van der Waals surface area (Å²) in [6.07, 6.45) is 0. The lowest BCUT2D eigenvalue weighted by Crippen LogP contribution is -2.22. The minimum Gasteiger partial charge on any atom is -0.310 e. The Labute approximate surface area is 115 Å². The van der Waals surface area contributed by atoms with Gasteiger partial charge in [0.2, 0.25) is 0 Å². The molecule has 0 radical (unpaired) electrons. The summed E-state index contributed by atoms with van der Waals surface area (Å²) in [5.74, 6) is -0.0114. The van der Waals surface area contributed by atoms with Crippen LogP contribution in [0.2, 0.25) is 0 Å². The van der Waals surface area contributed by atoms with Crippen molar-refractivity contribution in [3.05, 3.63) is 17.0 Å². The zero-order valence-electron chi connectivity index (χ0n) is 11.6. The number of nitrogens with zero attached hydrogens (tertiary/aromatic N) is 2. The average Bonchev–Trinajstić information content (AvgIpc) is 2.50. The molecule has 0 aliphatic heterocycles. The van der Waals surface area contributed by atoms with Crippen LogP contribution in [0.3, 0.4) is 0 Å². The number of aromatic nitrogens is 2. The predicted octanol–water partition coefficient (Wildman–Crippen LogP) is 3.25. The summed E-state index contributed by atoms with van der Waals surface area (Å²) in [5.41, 5.74) is -1.28. The molecule has 0 bridgehead atoms. The minimum atomic E-state index is -4.17. The molecule has 19 heavy (non-hydrogen) atoms. The minimum absolute atomic E-state index is 0.00598. The van der Waals surface area contributed by atoms with E-state index in [0.29, 0.717) is 12.6 Å². The fourth-order valence-corrected chi connectivity index (χ4v) is 2.26. The predicted molar refractivity (Wildman–Crippen MR) is 72.2 cm³/mol. The Kier molecular flexibility index (Phi) is 5.73. The fourth-order valence-electron chi connectivity index (χ4n) is 1.76. The topological polar surface area (TPSA) is 29.9 Å². The smallest absolute Gasteiger partial charge is 0.310 e. The Bertz CT molecular complexity index is 413. The van der Waals surface area contributed by atoms with E-state index in [4.69, 9.17) is 0 Å². The lowest BCUT2D eigenvalue weighted by Gasteiger charge is -2.09. The maximum absolute atomic E-state index is 12.1. The third kappa shape index (κ3) is 5.44. The van der Waals surface area contributed by atoms with Gasteiger partial charge in [-0.15, -0.1) is 0 Å². The average molecular weight is 295 g/mol. The monoisotopic (exact) mass is 295 g/mol. The third-order valence-electron chi connectivity index (χ3n) is 2.79. The zero-order chi connectivity index (χ0) is 14.6. The van der Waals surface area contributed by atoms with Gasteiger partial charge >= 0.3 is 5.51 Å². The molecule has 1 aromatic rings. The molecule has 110 valence electrons. The van der Waals surface area contributed by atoms with Crippen molar-refractivity contribution in [3.8, 4) is 0 Å². The van der Waals surface area contributed by atoms with Crippen molar-refractivity contribution < 1.29 is 13.2 Å². The van der Waals surface area contributed by atoms with Crippen molar-refractivity contribution in [1.82, 2.24) is 15.1 Å². The molecule has 0 aliphatic carbocycles. The van der Waals surface area contributed by atoms with E-state index in [1.807, 2.05) is 13.8 Å². The van der Waals surface area contributed by atoms with Crippen molar-refractivity contribution in [3.63, 3.8) is 0 Å². The summed E-state index contributed by atoms with van der Waals surface area (Å²) in [7, 11) is 0. The molecule has 0 atom stereocenters. The van der Waals surface area contributed by atoms with Crippen LogP contribution in [-0.4, -0.2) is 27.1 Å². The van der Waals surface area contributed by atoms with Gasteiger partial charge in [-0.05, 0) is 25.6 Å². The molecule has 0 aromatic carbocycles.